The first kappa shape index (κ1) is 15.0. The zero-order valence-corrected chi connectivity index (χ0v) is 12.6. The second kappa shape index (κ2) is 5.92. The Morgan fingerprint density at radius 2 is 2.00 bits per heavy atom. The number of benzene rings is 1. The van der Waals surface area contributed by atoms with Gasteiger partial charge in [0.15, 0.2) is 0 Å². The Labute approximate surface area is 125 Å². The summed E-state index contributed by atoms with van der Waals surface area (Å²) in [6, 6.07) is 6.30. The normalized spacial score (nSPS) is 10.2. The largest absolute Gasteiger partial charge is 0.465 e. The van der Waals surface area contributed by atoms with Crippen LogP contribution in [0.2, 0.25) is 0 Å². The number of nitrogens with one attached hydrogen (secondary N) is 1. The number of esters is 1. The number of nitro groups is 1. The highest BCUT2D eigenvalue weighted by Crippen LogP contribution is 2.37. The van der Waals surface area contributed by atoms with E-state index in [1.807, 2.05) is 13.8 Å². The van der Waals surface area contributed by atoms with E-state index in [4.69, 9.17) is 4.74 Å². The van der Waals surface area contributed by atoms with Crippen molar-refractivity contribution in [1.29, 1.82) is 0 Å². The lowest BCUT2D eigenvalue weighted by Crippen LogP contribution is -2.05. The Bertz CT molecular complexity index is 709. The van der Waals surface area contributed by atoms with E-state index in [9.17, 15) is 14.9 Å². The molecule has 6 nitrogen and oxygen atoms in total. The van der Waals surface area contributed by atoms with E-state index >= 15 is 0 Å². The highest BCUT2D eigenvalue weighted by atomic mass is 32.1. The van der Waals surface area contributed by atoms with Gasteiger partial charge in [-0.05, 0) is 25.5 Å². The standard InChI is InChI=1S/C14H14N2O4S/c1-8-9(2)21-13(12(8)14(17)20-3)15-10-6-4-5-7-11(10)16(18)19/h4-7,15H,1-3H3. The van der Waals surface area contributed by atoms with Gasteiger partial charge in [-0.15, -0.1) is 11.3 Å². The number of anilines is 2. The number of para-hydroxylation sites is 2. The van der Waals surface area contributed by atoms with Gasteiger partial charge in [0.05, 0.1) is 17.6 Å². The summed E-state index contributed by atoms with van der Waals surface area (Å²) in [5.74, 6) is -0.460. The lowest BCUT2D eigenvalue weighted by Gasteiger charge is -2.07. The Morgan fingerprint density at radius 3 is 2.62 bits per heavy atom. The number of thiophene rings is 1. The third-order valence-electron chi connectivity index (χ3n) is 3.12. The van der Waals surface area contributed by atoms with Crippen LogP contribution in [0, 0.1) is 24.0 Å². The molecule has 0 saturated heterocycles. The number of methoxy groups -OCH3 is 1. The van der Waals surface area contributed by atoms with Crippen molar-refractivity contribution in [2.24, 2.45) is 0 Å². The number of rotatable bonds is 4. The van der Waals surface area contributed by atoms with E-state index in [1.165, 1.54) is 24.5 Å². The summed E-state index contributed by atoms with van der Waals surface area (Å²) in [5, 5.41) is 14.6. The fraction of sp³-hybridized carbons (Fsp3) is 0.214. The molecule has 0 saturated carbocycles. The number of ether oxygens (including phenoxy) is 1. The minimum absolute atomic E-state index is 0.0444. The lowest BCUT2D eigenvalue weighted by molar-refractivity contribution is -0.383. The van der Waals surface area contributed by atoms with Crippen LogP contribution in [0.5, 0.6) is 0 Å². The van der Waals surface area contributed by atoms with Crippen molar-refractivity contribution in [3.63, 3.8) is 0 Å². The van der Waals surface area contributed by atoms with Crippen LogP contribution >= 0.6 is 11.3 Å². The number of nitro benzene ring substituents is 1. The lowest BCUT2D eigenvalue weighted by atomic mass is 10.1. The van der Waals surface area contributed by atoms with E-state index in [2.05, 4.69) is 5.32 Å². The molecular formula is C14H14N2O4S. The van der Waals surface area contributed by atoms with Crippen LogP contribution in [0.3, 0.4) is 0 Å². The zero-order chi connectivity index (χ0) is 15.6. The number of carbonyl (C=O) groups excluding carboxylic acids is 1. The second-order valence-electron chi connectivity index (χ2n) is 4.38. The van der Waals surface area contributed by atoms with Gasteiger partial charge in [0.1, 0.15) is 10.7 Å². The molecule has 110 valence electrons. The quantitative estimate of drug-likeness (QED) is 0.528. The van der Waals surface area contributed by atoms with Crippen LogP contribution in [0.4, 0.5) is 16.4 Å². The van der Waals surface area contributed by atoms with Crippen LogP contribution in [-0.2, 0) is 4.74 Å². The van der Waals surface area contributed by atoms with Crippen LogP contribution < -0.4 is 5.32 Å². The summed E-state index contributed by atoms with van der Waals surface area (Å²) < 4.78 is 4.78. The molecule has 0 atom stereocenters. The van der Waals surface area contributed by atoms with Gasteiger partial charge in [0.2, 0.25) is 0 Å². The molecule has 0 spiro atoms. The van der Waals surface area contributed by atoms with Gasteiger partial charge in [-0.2, -0.15) is 0 Å². The van der Waals surface area contributed by atoms with Gasteiger partial charge >= 0.3 is 5.97 Å². The van der Waals surface area contributed by atoms with Crippen molar-refractivity contribution < 1.29 is 14.5 Å². The molecule has 1 N–H and O–H groups in total. The first-order valence-electron chi connectivity index (χ1n) is 6.14. The maximum absolute atomic E-state index is 11.9. The molecule has 0 aliphatic rings. The van der Waals surface area contributed by atoms with Crippen LogP contribution in [0.25, 0.3) is 0 Å². The maximum Gasteiger partial charge on any atom is 0.341 e. The van der Waals surface area contributed by atoms with Crippen molar-refractivity contribution in [1.82, 2.24) is 0 Å². The number of aryl methyl sites for hydroxylation is 1. The van der Waals surface area contributed by atoms with E-state index in [1.54, 1.807) is 18.2 Å². The van der Waals surface area contributed by atoms with E-state index < -0.39 is 10.9 Å². The topological polar surface area (TPSA) is 81.5 Å². The second-order valence-corrected chi connectivity index (χ2v) is 5.60. The molecule has 21 heavy (non-hydrogen) atoms. The SMILES string of the molecule is COC(=O)c1c(Nc2ccccc2[N+](=O)[O-])sc(C)c1C. The van der Waals surface area contributed by atoms with Crippen molar-refractivity contribution in [3.05, 3.63) is 50.4 Å². The number of hydrogen-bond donors (Lipinski definition) is 1. The molecule has 0 amide bonds. The zero-order valence-electron chi connectivity index (χ0n) is 11.8. The Hall–Kier alpha value is -2.41. The molecule has 0 unspecified atom stereocenters. The molecule has 1 heterocycles. The smallest absolute Gasteiger partial charge is 0.341 e. The third-order valence-corrected chi connectivity index (χ3v) is 4.25. The van der Waals surface area contributed by atoms with Crippen LogP contribution in [0.15, 0.2) is 24.3 Å². The molecule has 0 bridgehead atoms. The average Bonchev–Trinajstić information content (AvgIpc) is 2.73. The minimum Gasteiger partial charge on any atom is -0.465 e. The Kier molecular flexibility index (Phi) is 4.23. The highest BCUT2D eigenvalue weighted by Gasteiger charge is 2.22. The summed E-state index contributed by atoms with van der Waals surface area (Å²) in [7, 11) is 1.31. The van der Waals surface area contributed by atoms with E-state index in [0.717, 1.165) is 10.4 Å². The van der Waals surface area contributed by atoms with Crippen molar-refractivity contribution >= 4 is 33.7 Å². The summed E-state index contributed by atoms with van der Waals surface area (Å²) in [6.07, 6.45) is 0. The van der Waals surface area contributed by atoms with E-state index in [0.29, 0.717) is 16.3 Å². The van der Waals surface area contributed by atoms with Crippen molar-refractivity contribution in [2.45, 2.75) is 13.8 Å². The van der Waals surface area contributed by atoms with Gasteiger partial charge in [-0.25, -0.2) is 4.79 Å². The highest BCUT2D eigenvalue weighted by molar-refractivity contribution is 7.16. The minimum atomic E-state index is -0.465. The first-order valence-corrected chi connectivity index (χ1v) is 6.96. The molecule has 0 fully saturated rings. The number of hydrogen-bond acceptors (Lipinski definition) is 6. The molecule has 2 rings (SSSR count). The van der Waals surface area contributed by atoms with Gasteiger partial charge < -0.3 is 10.1 Å². The van der Waals surface area contributed by atoms with Crippen molar-refractivity contribution in [3.8, 4) is 0 Å². The molecule has 7 heteroatoms. The van der Waals surface area contributed by atoms with Gasteiger partial charge in [-0.1, -0.05) is 12.1 Å². The molecule has 0 aliphatic heterocycles. The van der Waals surface area contributed by atoms with Crippen LogP contribution in [0.1, 0.15) is 20.8 Å². The summed E-state index contributed by atoms with van der Waals surface area (Å²) in [6.45, 7) is 3.71. The predicted molar refractivity (Wildman–Crippen MR) is 81.5 cm³/mol. The summed E-state index contributed by atoms with van der Waals surface area (Å²) in [5.41, 5.74) is 1.53. The van der Waals surface area contributed by atoms with Gasteiger partial charge in [-0.3, -0.25) is 10.1 Å². The summed E-state index contributed by atoms with van der Waals surface area (Å²) in [4.78, 5) is 23.4. The fourth-order valence-electron chi connectivity index (χ4n) is 1.92. The Balaban J connectivity index is 2.48. The molecule has 2 aromatic rings. The fourth-order valence-corrected chi connectivity index (χ4v) is 2.98. The summed E-state index contributed by atoms with van der Waals surface area (Å²) >= 11 is 1.37. The maximum atomic E-state index is 11.9. The molecular weight excluding hydrogens is 292 g/mol. The predicted octanol–water partition coefficient (Wildman–Crippen LogP) is 3.80. The number of carbonyl (C=O) groups is 1. The molecule has 1 aromatic carbocycles. The van der Waals surface area contributed by atoms with Gasteiger partial charge in [0.25, 0.3) is 5.69 Å². The molecule has 1 aromatic heterocycles. The first-order chi connectivity index (χ1) is 9.95. The average molecular weight is 306 g/mol. The molecule has 0 aliphatic carbocycles. The van der Waals surface area contributed by atoms with Crippen molar-refractivity contribution in [2.75, 3.05) is 12.4 Å². The third kappa shape index (κ3) is 2.87. The molecule has 0 radical (unpaired) electrons. The number of nitrogens with zero attached hydrogens (tertiary/aromatic N) is 1. The monoisotopic (exact) mass is 306 g/mol. The Morgan fingerprint density at radius 1 is 1.33 bits per heavy atom. The van der Waals surface area contributed by atoms with Crippen LogP contribution in [-0.4, -0.2) is 18.0 Å². The van der Waals surface area contributed by atoms with E-state index in [-0.39, 0.29) is 5.69 Å². The van der Waals surface area contributed by atoms with Gasteiger partial charge in [0, 0.05) is 10.9 Å².